The minimum Gasteiger partial charge on any atom is -0.497 e. The summed E-state index contributed by atoms with van der Waals surface area (Å²) in [6.07, 6.45) is 7.41. The van der Waals surface area contributed by atoms with Crippen molar-refractivity contribution in [3.05, 3.63) is 29.6 Å². The van der Waals surface area contributed by atoms with Crippen LogP contribution in [0.15, 0.2) is 18.2 Å². The van der Waals surface area contributed by atoms with Crippen molar-refractivity contribution < 1.29 is 14.2 Å². The molecule has 25 heavy (non-hydrogen) atoms. The van der Waals surface area contributed by atoms with Crippen LogP contribution in [0.4, 0.5) is 4.39 Å². The number of hydrogen-bond acceptors (Lipinski definition) is 4. The molecule has 1 unspecified atom stereocenters. The molecule has 1 aliphatic heterocycles. The number of piperazine rings is 1. The molecular formula is C20H31FN2O2. The second kappa shape index (κ2) is 8.97. The summed E-state index contributed by atoms with van der Waals surface area (Å²) in [6.45, 7) is 3.75. The molecule has 0 aromatic heterocycles. The minimum atomic E-state index is -0.211. The second-order valence-electron chi connectivity index (χ2n) is 7.38. The highest BCUT2D eigenvalue weighted by Gasteiger charge is 2.31. The summed E-state index contributed by atoms with van der Waals surface area (Å²) in [5, 5.41) is 9.49. The molecule has 1 aliphatic carbocycles. The smallest absolute Gasteiger partial charge is 0.131 e. The van der Waals surface area contributed by atoms with Gasteiger partial charge in [-0.15, -0.1) is 0 Å². The van der Waals surface area contributed by atoms with Gasteiger partial charge >= 0.3 is 0 Å². The SMILES string of the molecule is COc1ccc(CN2CCN(C3CCCCC3)CC2CCO)c(F)c1. The third-order valence-corrected chi connectivity index (χ3v) is 5.82. The number of aliphatic hydroxyl groups excluding tert-OH is 1. The van der Waals surface area contributed by atoms with Crippen molar-refractivity contribution in [2.24, 2.45) is 0 Å². The van der Waals surface area contributed by atoms with Gasteiger partial charge in [0.25, 0.3) is 0 Å². The summed E-state index contributed by atoms with van der Waals surface area (Å²) in [5.41, 5.74) is 0.704. The summed E-state index contributed by atoms with van der Waals surface area (Å²) in [7, 11) is 1.55. The molecule has 140 valence electrons. The highest BCUT2D eigenvalue weighted by atomic mass is 19.1. The Bertz CT molecular complexity index is 548. The van der Waals surface area contributed by atoms with E-state index in [0.29, 0.717) is 29.9 Å². The van der Waals surface area contributed by atoms with Gasteiger partial charge in [0.15, 0.2) is 0 Å². The van der Waals surface area contributed by atoms with Gasteiger partial charge in [0, 0.05) is 56.5 Å². The number of halogens is 1. The molecule has 1 aromatic rings. The van der Waals surface area contributed by atoms with Gasteiger partial charge < -0.3 is 9.84 Å². The summed E-state index contributed by atoms with van der Waals surface area (Å²) in [5.74, 6) is 0.340. The maximum absolute atomic E-state index is 14.3. The fourth-order valence-electron chi connectivity index (χ4n) is 4.33. The Morgan fingerprint density at radius 2 is 2.00 bits per heavy atom. The van der Waals surface area contributed by atoms with E-state index in [4.69, 9.17) is 4.74 Å². The van der Waals surface area contributed by atoms with Crippen molar-refractivity contribution in [2.45, 2.75) is 57.2 Å². The zero-order valence-corrected chi connectivity index (χ0v) is 15.3. The van der Waals surface area contributed by atoms with Gasteiger partial charge in [-0.05, 0) is 25.3 Å². The number of methoxy groups -OCH3 is 1. The maximum atomic E-state index is 14.3. The number of nitrogens with zero attached hydrogens (tertiary/aromatic N) is 2. The summed E-state index contributed by atoms with van der Waals surface area (Å²) >= 11 is 0. The third kappa shape index (κ3) is 4.72. The van der Waals surface area contributed by atoms with Crippen molar-refractivity contribution in [3.8, 4) is 5.75 Å². The first-order valence-corrected chi connectivity index (χ1v) is 9.62. The monoisotopic (exact) mass is 350 g/mol. The van der Waals surface area contributed by atoms with Crippen LogP contribution in [0.1, 0.15) is 44.1 Å². The Balaban J connectivity index is 1.64. The molecule has 1 N–H and O–H groups in total. The van der Waals surface area contributed by atoms with Crippen LogP contribution in [0.25, 0.3) is 0 Å². The van der Waals surface area contributed by atoms with Crippen LogP contribution in [-0.2, 0) is 6.54 Å². The first-order chi connectivity index (χ1) is 12.2. The average Bonchev–Trinajstić information content (AvgIpc) is 2.65. The molecular weight excluding hydrogens is 319 g/mol. The van der Waals surface area contributed by atoms with Gasteiger partial charge in [-0.1, -0.05) is 25.3 Å². The van der Waals surface area contributed by atoms with Crippen LogP contribution in [0, 0.1) is 5.82 Å². The highest BCUT2D eigenvalue weighted by molar-refractivity contribution is 5.29. The van der Waals surface area contributed by atoms with E-state index in [2.05, 4.69) is 9.80 Å². The van der Waals surface area contributed by atoms with Gasteiger partial charge in [0.05, 0.1) is 7.11 Å². The van der Waals surface area contributed by atoms with E-state index >= 15 is 0 Å². The van der Waals surface area contributed by atoms with E-state index in [1.807, 2.05) is 12.1 Å². The van der Waals surface area contributed by atoms with Crippen LogP contribution in [0.2, 0.25) is 0 Å². The van der Waals surface area contributed by atoms with Crippen molar-refractivity contribution in [3.63, 3.8) is 0 Å². The van der Waals surface area contributed by atoms with Crippen LogP contribution < -0.4 is 4.74 Å². The first-order valence-electron chi connectivity index (χ1n) is 9.62. The van der Waals surface area contributed by atoms with Gasteiger partial charge in [0.2, 0.25) is 0 Å². The summed E-state index contributed by atoms with van der Waals surface area (Å²) in [4.78, 5) is 4.95. The Morgan fingerprint density at radius 1 is 1.20 bits per heavy atom. The molecule has 0 amide bonds. The highest BCUT2D eigenvalue weighted by Crippen LogP contribution is 2.27. The molecule has 5 heteroatoms. The first kappa shape index (κ1) is 18.6. The summed E-state index contributed by atoms with van der Waals surface area (Å²) < 4.78 is 19.4. The topological polar surface area (TPSA) is 35.9 Å². The number of aliphatic hydroxyl groups is 1. The van der Waals surface area contributed by atoms with E-state index in [0.717, 1.165) is 26.1 Å². The lowest BCUT2D eigenvalue weighted by atomic mass is 9.92. The van der Waals surface area contributed by atoms with Crippen molar-refractivity contribution >= 4 is 0 Å². The fourth-order valence-corrected chi connectivity index (χ4v) is 4.33. The number of hydrogen-bond donors (Lipinski definition) is 1. The molecule has 0 radical (unpaired) electrons. The van der Waals surface area contributed by atoms with E-state index in [9.17, 15) is 9.50 Å². The quantitative estimate of drug-likeness (QED) is 0.855. The Kier molecular flexibility index (Phi) is 6.68. The number of rotatable bonds is 6. The molecule has 3 rings (SSSR count). The van der Waals surface area contributed by atoms with E-state index < -0.39 is 0 Å². The molecule has 1 saturated heterocycles. The maximum Gasteiger partial charge on any atom is 0.131 e. The molecule has 0 bridgehead atoms. The lowest BCUT2D eigenvalue weighted by Gasteiger charge is -2.45. The Morgan fingerprint density at radius 3 is 2.68 bits per heavy atom. The molecule has 2 fully saturated rings. The van der Waals surface area contributed by atoms with E-state index in [-0.39, 0.29) is 12.4 Å². The van der Waals surface area contributed by atoms with Gasteiger partial charge in [0.1, 0.15) is 11.6 Å². The van der Waals surface area contributed by atoms with Crippen molar-refractivity contribution in [1.29, 1.82) is 0 Å². The molecule has 0 spiro atoms. The molecule has 4 nitrogen and oxygen atoms in total. The standard InChI is InChI=1S/C20H31FN2O2/c1-25-19-8-7-16(20(21)13-19)14-22-10-11-23(15-18(22)9-12-24)17-5-3-2-4-6-17/h7-8,13,17-18,24H,2-6,9-12,14-15H2,1H3. The van der Waals surface area contributed by atoms with Crippen LogP contribution in [-0.4, -0.2) is 60.3 Å². The molecule has 1 heterocycles. The van der Waals surface area contributed by atoms with Crippen LogP contribution in [0.3, 0.4) is 0 Å². The third-order valence-electron chi connectivity index (χ3n) is 5.82. The van der Waals surface area contributed by atoms with E-state index in [1.54, 1.807) is 7.11 Å². The van der Waals surface area contributed by atoms with Crippen molar-refractivity contribution in [2.75, 3.05) is 33.4 Å². The second-order valence-corrected chi connectivity index (χ2v) is 7.38. The Labute approximate surface area is 150 Å². The summed E-state index contributed by atoms with van der Waals surface area (Å²) in [6, 6.07) is 6.08. The van der Waals surface area contributed by atoms with Gasteiger partial charge in [-0.25, -0.2) is 4.39 Å². The molecule has 1 aromatic carbocycles. The van der Waals surface area contributed by atoms with Gasteiger partial charge in [-0.2, -0.15) is 0 Å². The van der Waals surface area contributed by atoms with Crippen molar-refractivity contribution in [1.82, 2.24) is 9.80 Å². The predicted molar refractivity (Wildman–Crippen MR) is 97.3 cm³/mol. The molecule has 1 atom stereocenters. The Hall–Kier alpha value is -1.17. The largest absolute Gasteiger partial charge is 0.497 e. The normalized spacial score (nSPS) is 23.7. The minimum absolute atomic E-state index is 0.185. The fraction of sp³-hybridized carbons (Fsp3) is 0.700. The molecule has 1 saturated carbocycles. The lowest BCUT2D eigenvalue weighted by Crippen LogP contribution is -2.56. The number of benzene rings is 1. The van der Waals surface area contributed by atoms with Crippen LogP contribution in [0.5, 0.6) is 5.75 Å². The zero-order chi connectivity index (χ0) is 17.6. The van der Waals surface area contributed by atoms with Gasteiger partial charge in [-0.3, -0.25) is 9.80 Å². The molecule has 2 aliphatic rings. The predicted octanol–water partition coefficient (Wildman–Crippen LogP) is 3.04. The van der Waals surface area contributed by atoms with Crippen LogP contribution >= 0.6 is 0 Å². The lowest BCUT2D eigenvalue weighted by molar-refractivity contribution is 0.0217. The zero-order valence-electron chi connectivity index (χ0n) is 15.3. The number of ether oxygens (including phenoxy) is 1. The average molecular weight is 350 g/mol. The van der Waals surface area contributed by atoms with E-state index in [1.165, 1.54) is 38.2 Å².